The van der Waals surface area contributed by atoms with Gasteiger partial charge in [-0.1, -0.05) is 30.3 Å². The molecule has 0 spiro atoms. The molecule has 0 unspecified atom stereocenters. The Hall–Kier alpha value is -3.34. The Morgan fingerprint density at radius 3 is 2.22 bits per heavy atom. The average molecular weight is 304 g/mol. The molecule has 1 heterocycles. The maximum Gasteiger partial charge on any atom is 0.134 e. The second-order valence-corrected chi connectivity index (χ2v) is 4.97. The summed E-state index contributed by atoms with van der Waals surface area (Å²) in [7, 11) is 0. The van der Waals surface area contributed by atoms with Crippen molar-refractivity contribution in [3.8, 4) is 22.6 Å². The average Bonchev–Trinajstić information content (AvgIpc) is 2.56. The number of hydrogen-bond donors (Lipinski definition) is 3. The fraction of sp³-hybridized carbons (Fsp3) is 0. The Morgan fingerprint density at radius 2 is 1.57 bits per heavy atom. The lowest BCUT2D eigenvalue weighted by atomic mass is 10.0. The predicted molar refractivity (Wildman–Crippen MR) is 91.6 cm³/mol. The summed E-state index contributed by atoms with van der Waals surface area (Å²) in [5, 5.41) is 7.69. The number of hydrogen-bond acceptors (Lipinski definition) is 4. The van der Waals surface area contributed by atoms with E-state index in [0.717, 1.165) is 22.6 Å². The molecule has 0 aliphatic rings. The quantitative estimate of drug-likeness (QED) is 0.508. The van der Waals surface area contributed by atoms with Crippen LogP contribution in [0.15, 0.2) is 66.9 Å². The van der Waals surface area contributed by atoms with Gasteiger partial charge >= 0.3 is 0 Å². The Balaban J connectivity index is 1.91. The van der Waals surface area contributed by atoms with Crippen LogP contribution >= 0.6 is 0 Å². The largest absolute Gasteiger partial charge is 0.457 e. The first-order valence-electron chi connectivity index (χ1n) is 7.07. The van der Waals surface area contributed by atoms with Crippen LogP contribution in [0.5, 0.6) is 11.5 Å². The molecular formula is C18H16N4O. The number of anilines is 1. The van der Waals surface area contributed by atoms with Gasteiger partial charge < -0.3 is 16.2 Å². The summed E-state index contributed by atoms with van der Waals surface area (Å²) in [4.78, 5) is 3.99. The standard InChI is InChI=1S/C18H16N4O/c19-17(20)16-15(10-11-22-18(16)21)12-6-8-14(9-7-12)23-13-4-2-1-3-5-13/h1-11H,(H3,19,20)(H2,21,22). The molecule has 0 atom stereocenters. The smallest absolute Gasteiger partial charge is 0.134 e. The monoisotopic (exact) mass is 304 g/mol. The first kappa shape index (κ1) is 14.6. The minimum atomic E-state index is -0.102. The second kappa shape index (κ2) is 6.19. The van der Waals surface area contributed by atoms with Crippen molar-refractivity contribution >= 4 is 11.7 Å². The number of nitrogen functional groups attached to an aromatic ring is 2. The lowest BCUT2D eigenvalue weighted by Crippen LogP contribution is -2.16. The lowest BCUT2D eigenvalue weighted by molar-refractivity contribution is 0.483. The van der Waals surface area contributed by atoms with E-state index >= 15 is 0 Å². The molecule has 0 amide bonds. The molecule has 5 N–H and O–H groups in total. The number of nitrogens with zero attached hydrogens (tertiary/aromatic N) is 1. The van der Waals surface area contributed by atoms with E-state index < -0.39 is 0 Å². The fourth-order valence-electron chi connectivity index (χ4n) is 2.33. The number of ether oxygens (including phenoxy) is 1. The highest BCUT2D eigenvalue weighted by Crippen LogP contribution is 2.29. The van der Waals surface area contributed by atoms with Crippen LogP contribution in [0.25, 0.3) is 11.1 Å². The van der Waals surface area contributed by atoms with Crippen LogP contribution in [0.2, 0.25) is 0 Å². The highest BCUT2D eigenvalue weighted by molar-refractivity contribution is 6.05. The molecule has 114 valence electrons. The van der Waals surface area contributed by atoms with Crippen molar-refractivity contribution in [2.75, 3.05) is 5.73 Å². The van der Waals surface area contributed by atoms with Crippen LogP contribution in [0.1, 0.15) is 5.56 Å². The molecule has 1 aromatic heterocycles. The summed E-state index contributed by atoms with van der Waals surface area (Å²) in [6, 6.07) is 18.9. The fourth-order valence-corrected chi connectivity index (χ4v) is 2.33. The van der Waals surface area contributed by atoms with Crippen molar-refractivity contribution in [3.63, 3.8) is 0 Å². The van der Waals surface area contributed by atoms with Gasteiger partial charge in [0.1, 0.15) is 23.2 Å². The number of amidine groups is 1. The SMILES string of the molecule is N=C(N)c1c(-c2ccc(Oc3ccccc3)cc2)ccnc1N. The van der Waals surface area contributed by atoms with Crippen molar-refractivity contribution in [1.82, 2.24) is 4.98 Å². The van der Waals surface area contributed by atoms with Gasteiger partial charge in [0.25, 0.3) is 0 Å². The molecule has 23 heavy (non-hydrogen) atoms. The zero-order valence-corrected chi connectivity index (χ0v) is 12.4. The van der Waals surface area contributed by atoms with Crippen LogP contribution in [0.3, 0.4) is 0 Å². The molecular weight excluding hydrogens is 288 g/mol. The molecule has 2 aromatic carbocycles. The summed E-state index contributed by atoms with van der Waals surface area (Å²) in [5.41, 5.74) is 13.6. The molecule has 0 saturated heterocycles. The van der Waals surface area contributed by atoms with Crippen LogP contribution in [-0.2, 0) is 0 Å². The van der Waals surface area contributed by atoms with Gasteiger partial charge in [-0.15, -0.1) is 0 Å². The Labute approximate surface area is 134 Å². The summed E-state index contributed by atoms with van der Waals surface area (Å²) in [6.07, 6.45) is 1.60. The molecule has 0 radical (unpaired) electrons. The van der Waals surface area contributed by atoms with E-state index in [0.29, 0.717) is 5.56 Å². The first-order valence-corrected chi connectivity index (χ1v) is 7.07. The predicted octanol–water partition coefficient (Wildman–Crippen LogP) is 3.41. The third-order valence-electron chi connectivity index (χ3n) is 3.39. The minimum Gasteiger partial charge on any atom is -0.457 e. The summed E-state index contributed by atoms with van der Waals surface area (Å²) >= 11 is 0. The molecule has 3 aromatic rings. The normalized spacial score (nSPS) is 10.3. The number of pyridine rings is 1. The van der Waals surface area contributed by atoms with Gasteiger partial charge in [-0.3, -0.25) is 5.41 Å². The number of aromatic nitrogens is 1. The van der Waals surface area contributed by atoms with Gasteiger partial charge in [0.05, 0.1) is 5.56 Å². The van der Waals surface area contributed by atoms with Crippen molar-refractivity contribution in [3.05, 3.63) is 72.4 Å². The maximum absolute atomic E-state index is 7.69. The van der Waals surface area contributed by atoms with Crippen molar-refractivity contribution in [2.45, 2.75) is 0 Å². The number of benzene rings is 2. The van der Waals surface area contributed by atoms with Crippen LogP contribution < -0.4 is 16.2 Å². The van der Waals surface area contributed by atoms with Crippen molar-refractivity contribution in [1.29, 1.82) is 5.41 Å². The van der Waals surface area contributed by atoms with Gasteiger partial charge in [0.15, 0.2) is 0 Å². The van der Waals surface area contributed by atoms with E-state index in [-0.39, 0.29) is 11.7 Å². The number of nitrogens with one attached hydrogen (secondary N) is 1. The van der Waals surface area contributed by atoms with E-state index in [2.05, 4.69) is 4.98 Å². The molecule has 5 heteroatoms. The Kier molecular flexibility index (Phi) is 3.93. The van der Waals surface area contributed by atoms with E-state index in [1.54, 1.807) is 12.3 Å². The third-order valence-corrected chi connectivity index (χ3v) is 3.39. The van der Waals surface area contributed by atoms with Gasteiger partial charge in [0, 0.05) is 6.20 Å². The summed E-state index contributed by atoms with van der Waals surface area (Å²) < 4.78 is 5.77. The molecule has 0 bridgehead atoms. The number of para-hydroxylation sites is 1. The van der Waals surface area contributed by atoms with Crippen molar-refractivity contribution < 1.29 is 4.74 Å². The molecule has 0 aliphatic carbocycles. The van der Waals surface area contributed by atoms with Gasteiger partial charge in [-0.05, 0) is 41.5 Å². The number of rotatable bonds is 4. The van der Waals surface area contributed by atoms with Crippen molar-refractivity contribution in [2.24, 2.45) is 5.73 Å². The van der Waals surface area contributed by atoms with Crippen LogP contribution in [-0.4, -0.2) is 10.8 Å². The minimum absolute atomic E-state index is 0.102. The highest BCUT2D eigenvalue weighted by Gasteiger charge is 2.12. The highest BCUT2D eigenvalue weighted by atomic mass is 16.5. The zero-order valence-electron chi connectivity index (χ0n) is 12.4. The van der Waals surface area contributed by atoms with E-state index in [4.69, 9.17) is 21.6 Å². The molecule has 0 aliphatic heterocycles. The topological polar surface area (TPSA) is 98.0 Å². The van der Waals surface area contributed by atoms with E-state index in [9.17, 15) is 0 Å². The molecule has 5 nitrogen and oxygen atoms in total. The van der Waals surface area contributed by atoms with E-state index in [1.807, 2.05) is 54.6 Å². The third kappa shape index (κ3) is 3.13. The lowest BCUT2D eigenvalue weighted by Gasteiger charge is -2.11. The molecule has 0 fully saturated rings. The second-order valence-electron chi connectivity index (χ2n) is 4.97. The zero-order chi connectivity index (χ0) is 16.2. The van der Waals surface area contributed by atoms with Gasteiger partial charge in [-0.2, -0.15) is 0 Å². The maximum atomic E-state index is 7.69. The Morgan fingerprint density at radius 1 is 0.913 bits per heavy atom. The summed E-state index contributed by atoms with van der Waals surface area (Å²) in [5.74, 6) is 1.65. The molecule has 0 saturated carbocycles. The van der Waals surface area contributed by atoms with Gasteiger partial charge in [-0.25, -0.2) is 4.98 Å². The van der Waals surface area contributed by atoms with Gasteiger partial charge in [0.2, 0.25) is 0 Å². The van der Waals surface area contributed by atoms with Crippen LogP contribution in [0, 0.1) is 5.41 Å². The molecule has 3 rings (SSSR count). The van der Waals surface area contributed by atoms with Crippen LogP contribution in [0.4, 0.5) is 5.82 Å². The van der Waals surface area contributed by atoms with E-state index in [1.165, 1.54) is 0 Å². The summed E-state index contributed by atoms with van der Waals surface area (Å²) in [6.45, 7) is 0. The number of nitrogens with two attached hydrogens (primary N) is 2. The Bertz CT molecular complexity index is 829. The first-order chi connectivity index (χ1) is 11.1.